The Morgan fingerprint density at radius 3 is 2.16 bits per heavy atom. The van der Waals surface area contributed by atoms with Crippen LogP contribution in [0.1, 0.15) is 108 Å². The van der Waals surface area contributed by atoms with E-state index in [-0.39, 0.29) is 24.3 Å². The average Bonchev–Trinajstić information content (AvgIpc) is 2.76. The molecule has 0 saturated carbocycles. The topological polar surface area (TPSA) is 58.2 Å². The quantitative estimate of drug-likeness (QED) is 0.288. The fourth-order valence-electron chi connectivity index (χ4n) is 3.93. The molecule has 1 aliphatic carbocycles. The van der Waals surface area contributed by atoms with Crippen molar-refractivity contribution in [1.82, 2.24) is 10.0 Å². The molecule has 1 unspecified atom stereocenters. The number of hydrogen-bond donors (Lipinski definition) is 2. The molecular formula is C27H42N2O2S. The first-order valence-corrected chi connectivity index (χ1v) is 13.3. The van der Waals surface area contributed by atoms with Crippen LogP contribution in [0.15, 0.2) is 40.8 Å². The first-order valence-electron chi connectivity index (χ1n) is 12.1. The van der Waals surface area contributed by atoms with Crippen LogP contribution >= 0.6 is 0 Å². The number of carbonyl (C=O) groups is 1. The van der Waals surface area contributed by atoms with Crippen LogP contribution in [-0.4, -0.2) is 23.2 Å². The SMILES string of the molecule is CC(C)c1cc(C(C)C)c(S(=O)NCC(=O)NCCCCC2=CCC=CC2)c(C(C)C)c1. The second-order valence-corrected chi connectivity index (χ2v) is 10.9. The maximum atomic E-state index is 13.2. The van der Waals surface area contributed by atoms with Crippen LogP contribution in [0, 0.1) is 0 Å². The average molecular weight is 459 g/mol. The Bertz CT molecular complexity index is 824. The molecule has 178 valence electrons. The summed E-state index contributed by atoms with van der Waals surface area (Å²) < 4.78 is 16.2. The second kappa shape index (κ2) is 13.1. The molecule has 1 atom stereocenters. The lowest BCUT2D eigenvalue weighted by atomic mass is 9.89. The van der Waals surface area contributed by atoms with Crippen molar-refractivity contribution < 1.29 is 9.00 Å². The van der Waals surface area contributed by atoms with Crippen molar-refractivity contribution in [2.24, 2.45) is 0 Å². The van der Waals surface area contributed by atoms with Gasteiger partial charge in [0.1, 0.15) is 11.0 Å². The summed E-state index contributed by atoms with van der Waals surface area (Å²) in [6.07, 6.45) is 12.0. The molecule has 0 fully saturated rings. The molecule has 0 bridgehead atoms. The van der Waals surface area contributed by atoms with Crippen LogP contribution in [0.3, 0.4) is 0 Å². The standard InChI is InChI=1S/C27H42N2O2S/c1-19(2)23-16-24(20(3)4)27(25(17-23)21(5)6)32(31)29-18-26(30)28-15-11-10-14-22-12-8-7-9-13-22/h7-8,13,16-17,19-21,29H,9-12,14-15,18H2,1-6H3,(H,28,30). The van der Waals surface area contributed by atoms with Crippen LogP contribution in [0.25, 0.3) is 0 Å². The van der Waals surface area contributed by atoms with E-state index in [1.165, 1.54) is 11.1 Å². The molecule has 1 aromatic rings. The molecule has 0 saturated heterocycles. The normalized spacial score (nSPS) is 14.8. The molecule has 4 nitrogen and oxygen atoms in total. The Morgan fingerprint density at radius 1 is 0.969 bits per heavy atom. The monoisotopic (exact) mass is 458 g/mol. The Morgan fingerprint density at radius 2 is 1.62 bits per heavy atom. The summed E-state index contributed by atoms with van der Waals surface area (Å²) in [5, 5.41) is 2.96. The highest BCUT2D eigenvalue weighted by molar-refractivity contribution is 7.83. The minimum Gasteiger partial charge on any atom is -0.355 e. The van der Waals surface area contributed by atoms with E-state index in [0.29, 0.717) is 12.5 Å². The largest absolute Gasteiger partial charge is 0.355 e. The number of unbranched alkanes of at least 4 members (excludes halogenated alkanes) is 1. The molecule has 32 heavy (non-hydrogen) atoms. The summed E-state index contributed by atoms with van der Waals surface area (Å²) in [4.78, 5) is 13.1. The minimum absolute atomic E-state index is 0.0591. The first-order chi connectivity index (χ1) is 15.2. The summed E-state index contributed by atoms with van der Waals surface area (Å²) in [7, 11) is -1.43. The van der Waals surface area contributed by atoms with Crippen molar-refractivity contribution in [1.29, 1.82) is 0 Å². The molecule has 1 aliphatic rings. The fraction of sp³-hybridized carbons (Fsp3) is 0.593. The van der Waals surface area contributed by atoms with Gasteiger partial charge in [-0.15, -0.1) is 0 Å². The Balaban J connectivity index is 1.91. The van der Waals surface area contributed by atoms with E-state index in [1.54, 1.807) is 0 Å². The van der Waals surface area contributed by atoms with Crippen LogP contribution in [0.2, 0.25) is 0 Å². The van der Waals surface area contributed by atoms with Gasteiger partial charge in [0.2, 0.25) is 5.91 Å². The van der Waals surface area contributed by atoms with Gasteiger partial charge in [0.05, 0.1) is 11.4 Å². The highest BCUT2D eigenvalue weighted by Gasteiger charge is 2.21. The number of carbonyl (C=O) groups excluding carboxylic acids is 1. The third kappa shape index (κ3) is 8.00. The van der Waals surface area contributed by atoms with Gasteiger partial charge >= 0.3 is 0 Å². The van der Waals surface area contributed by atoms with E-state index in [0.717, 1.165) is 48.1 Å². The number of amides is 1. The third-order valence-electron chi connectivity index (χ3n) is 5.96. The molecule has 2 rings (SSSR count). The van der Waals surface area contributed by atoms with Crippen LogP contribution in [-0.2, 0) is 15.8 Å². The van der Waals surface area contributed by atoms with Gasteiger partial charge in [-0.25, -0.2) is 8.93 Å². The van der Waals surface area contributed by atoms with Crippen molar-refractivity contribution in [2.45, 2.75) is 96.3 Å². The predicted octanol–water partition coefficient (Wildman–Crippen LogP) is 6.23. The van der Waals surface area contributed by atoms with Crippen LogP contribution in [0.4, 0.5) is 0 Å². The Kier molecular flexibility index (Phi) is 10.9. The predicted molar refractivity (Wildman–Crippen MR) is 136 cm³/mol. The molecule has 0 aromatic heterocycles. The van der Waals surface area contributed by atoms with E-state index >= 15 is 0 Å². The van der Waals surface area contributed by atoms with Gasteiger partial charge in [-0.3, -0.25) is 4.79 Å². The van der Waals surface area contributed by atoms with Gasteiger partial charge in [0.25, 0.3) is 0 Å². The maximum absolute atomic E-state index is 13.2. The van der Waals surface area contributed by atoms with Crippen molar-refractivity contribution in [3.8, 4) is 0 Å². The number of benzene rings is 1. The molecule has 5 heteroatoms. The molecule has 0 spiro atoms. The molecular weight excluding hydrogens is 416 g/mol. The smallest absolute Gasteiger partial charge is 0.234 e. The van der Waals surface area contributed by atoms with Gasteiger partial charge in [-0.05, 0) is 66.5 Å². The zero-order valence-electron chi connectivity index (χ0n) is 20.8. The molecule has 0 heterocycles. The number of nitrogens with one attached hydrogen (secondary N) is 2. The van der Waals surface area contributed by atoms with E-state index in [1.807, 2.05) is 0 Å². The summed E-state index contributed by atoms with van der Waals surface area (Å²) in [5.74, 6) is 0.831. The van der Waals surface area contributed by atoms with Crippen molar-refractivity contribution >= 4 is 16.9 Å². The van der Waals surface area contributed by atoms with Crippen molar-refractivity contribution in [2.75, 3.05) is 13.1 Å². The summed E-state index contributed by atoms with van der Waals surface area (Å²) in [6, 6.07) is 4.38. The van der Waals surface area contributed by atoms with Crippen molar-refractivity contribution in [3.63, 3.8) is 0 Å². The Hall–Kier alpha value is -1.72. The van der Waals surface area contributed by atoms with Crippen molar-refractivity contribution in [3.05, 3.63) is 52.6 Å². The number of rotatable bonds is 12. The maximum Gasteiger partial charge on any atom is 0.234 e. The third-order valence-corrected chi connectivity index (χ3v) is 7.21. The fourth-order valence-corrected chi connectivity index (χ4v) is 5.35. The highest BCUT2D eigenvalue weighted by atomic mass is 32.2. The minimum atomic E-state index is -1.43. The summed E-state index contributed by atoms with van der Waals surface area (Å²) in [6.45, 7) is 13.6. The molecule has 0 radical (unpaired) electrons. The van der Waals surface area contributed by atoms with Crippen LogP contribution in [0.5, 0.6) is 0 Å². The molecule has 1 aromatic carbocycles. The zero-order valence-corrected chi connectivity index (χ0v) is 21.6. The van der Waals surface area contributed by atoms with E-state index in [9.17, 15) is 9.00 Å². The molecule has 0 aliphatic heterocycles. The van der Waals surface area contributed by atoms with Gasteiger partial charge in [-0.2, -0.15) is 0 Å². The van der Waals surface area contributed by atoms with Gasteiger partial charge in [-0.1, -0.05) is 77.5 Å². The van der Waals surface area contributed by atoms with E-state index in [2.05, 4.69) is 81.9 Å². The van der Waals surface area contributed by atoms with E-state index in [4.69, 9.17) is 0 Å². The highest BCUT2D eigenvalue weighted by Crippen LogP contribution is 2.33. The van der Waals surface area contributed by atoms with Gasteiger partial charge in [0.15, 0.2) is 0 Å². The van der Waals surface area contributed by atoms with Gasteiger partial charge < -0.3 is 5.32 Å². The lowest BCUT2D eigenvalue weighted by Crippen LogP contribution is -2.35. The Labute approximate surface area is 197 Å². The lowest BCUT2D eigenvalue weighted by molar-refractivity contribution is -0.119. The summed E-state index contributed by atoms with van der Waals surface area (Å²) >= 11 is 0. The second-order valence-electron chi connectivity index (χ2n) is 9.66. The van der Waals surface area contributed by atoms with Gasteiger partial charge in [0, 0.05) is 6.54 Å². The van der Waals surface area contributed by atoms with E-state index < -0.39 is 11.0 Å². The van der Waals surface area contributed by atoms with Crippen LogP contribution < -0.4 is 10.0 Å². The molecule has 1 amide bonds. The first kappa shape index (κ1) is 26.5. The lowest BCUT2D eigenvalue weighted by Gasteiger charge is -2.22. The number of hydrogen-bond acceptors (Lipinski definition) is 2. The zero-order chi connectivity index (χ0) is 23.7. The summed E-state index contributed by atoms with van der Waals surface area (Å²) in [5.41, 5.74) is 4.99. The number of allylic oxidation sites excluding steroid dienone is 4. The molecule has 2 N–H and O–H groups in total.